The zero-order valence-corrected chi connectivity index (χ0v) is 20.9. The van der Waals surface area contributed by atoms with Crippen molar-refractivity contribution in [1.82, 2.24) is 14.5 Å². The number of carbonyl (C=O) groups is 1. The maximum absolute atomic E-state index is 15.2. The van der Waals surface area contributed by atoms with E-state index in [-0.39, 0.29) is 42.1 Å². The van der Waals surface area contributed by atoms with Gasteiger partial charge in [0.05, 0.1) is 40.5 Å². The molecule has 5 rings (SSSR count). The van der Waals surface area contributed by atoms with E-state index in [2.05, 4.69) is 9.97 Å². The van der Waals surface area contributed by atoms with Gasteiger partial charge in [0.1, 0.15) is 30.7 Å². The van der Waals surface area contributed by atoms with Gasteiger partial charge >= 0.3 is 5.97 Å². The van der Waals surface area contributed by atoms with Crippen molar-refractivity contribution in [3.8, 4) is 23.2 Å². The lowest BCUT2D eigenvalue weighted by atomic mass is 10.1. The highest BCUT2D eigenvalue weighted by atomic mass is 19.1. The Balaban J connectivity index is 1.36. The predicted molar refractivity (Wildman–Crippen MR) is 141 cm³/mol. The SMILES string of the molecule is N#Cc1ccc(COc2cccc(-c3ccc(Cc4nc5ccc(C(=O)O)cc5n4CCF)c(F)c3)n2)c(F)c1. The third-order valence-electron chi connectivity index (χ3n) is 6.36. The largest absolute Gasteiger partial charge is 0.478 e. The number of aromatic carboxylic acids is 1. The van der Waals surface area contributed by atoms with E-state index in [9.17, 15) is 18.7 Å². The molecule has 0 amide bonds. The molecule has 2 heterocycles. The van der Waals surface area contributed by atoms with Crippen LogP contribution in [0, 0.1) is 23.0 Å². The Morgan fingerprint density at radius 1 is 0.975 bits per heavy atom. The van der Waals surface area contributed by atoms with Crippen LogP contribution in [-0.2, 0) is 19.6 Å². The molecule has 0 aliphatic rings. The van der Waals surface area contributed by atoms with Crippen molar-refractivity contribution in [3.63, 3.8) is 0 Å². The first-order valence-corrected chi connectivity index (χ1v) is 12.2. The highest BCUT2D eigenvalue weighted by Gasteiger charge is 2.16. The molecule has 0 aliphatic carbocycles. The fraction of sp³-hybridized carbons (Fsp3) is 0.133. The Hall–Kier alpha value is -5.17. The molecule has 10 heteroatoms. The maximum Gasteiger partial charge on any atom is 0.335 e. The monoisotopic (exact) mass is 542 g/mol. The van der Waals surface area contributed by atoms with E-state index in [0.717, 1.165) is 6.07 Å². The molecule has 0 fully saturated rings. The summed E-state index contributed by atoms with van der Waals surface area (Å²) in [6.07, 6.45) is 0.0654. The first-order valence-electron chi connectivity index (χ1n) is 12.2. The van der Waals surface area contributed by atoms with Gasteiger partial charge in [-0.3, -0.25) is 0 Å². The van der Waals surface area contributed by atoms with Crippen molar-refractivity contribution in [2.75, 3.05) is 6.67 Å². The van der Waals surface area contributed by atoms with Crippen LogP contribution >= 0.6 is 0 Å². The zero-order valence-electron chi connectivity index (χ0n) is 20.9. The van der Waals surface area contributed by atoms with Crippen molar-refractivity contribution in [1.29, 1.82) is 5.26 Å². The number of ether oxygens (including phenoxy) is 1. The van der Waals surface area contributed by atoms with Crippen molar-refractivity contribution in [2.24, 2.45) is 0 Å². The lowest BCUT2D eigenvalue weighted by Gasteiger charge is -2.10. The number of aromatic nitrogens is 3. The minimum atomic E-state index is -1.11. The first-order chi connectivity index (χ1) is 19.4. The highest BCUT2D eigenvalue weighted by Crippen LogP contribution is 2.26. The number of nitrogens with zero attached hydrogens (tertiary/aromatic N) is 4. The van der Waals surface area contributed by atoms with Gasteiger partial charge in [0, 0.05) is 23.6 Å². The van der Waals surface area contributed by atoms with Gasteiger partial charge in [-0.15, -0.1) is 0 Å². The molecule has 2 aromatic heterocycles. The molecule has 0 saturated heterocycles. The van der Waals surface area contributed by atoms with E-state index >= 15 is 4.39 Å². The van der Waals surface area contributed by atoms with Crippen LogP contribution in [0.1, 0.15) is 32.9 Å². The van der Waals surface area contributed by atoms with E-state index in [0.29, 0.717) is 33.7 Å². The zero-order chi connectivity index (χ0) is 28.2. The molecule has 0 aliphatic heterocycles. The van der Waals surface area contributed by atoms with E-state index in [4.69, 9.17) is 10.00 Å². The number of alkyl halides is 1. The molecule has 3 aromatic carbocycles. The molecule has 0 saturated carbocycles. The fourth-order valence-corrected chi connectivity index (χ4v) is 4.34. The highest BCUT2D eigenvalue weighted by molar-refractivity contribution is 5.92. The van der Waals surface area contributed by atoms with Gasteiger partial charge in [0.2, 0.25) is 5.88 Å². The number of halogens is 3. The summed E-state index contributed by atoms with van der Waals surface area (Å²) in [6.45, 7) is -0.841. The van der Waals surface area contributed by atoms with Gasteiger partial charge in [-0.05, 0) is 48.0 Å². The minimum Gasteiger partial charge on any atom is -0.478 e. The number of hydrogen-bond acceptors (Lipinski definition) is 5. The van der Waals surface area contributed by atoms with Crippen molar-refractivity contribution < 1.29 is 27.8 Å². The number of aryl methyl sites for hydroxylation is 1. The van der Waals surface area contributed by atoms with Gasteiger partial charge in [-0.25, -0.2) is 27.9 Å². The van der Waals surface area contributed by atoms with Crippen LogP contribution in [0.25, 0.3) is 22.3 Å². The minimum absolute atomic E-state index is 0.0440. The normalized spacial score (nSPS) is 10.9. The summed E-state index contributed by atoms with van der Waals surface area (Å²) >= 11 is 0. The third kappa shape index (κ3) is 5.49. The number of rotatable bonds is 9. The molecule has 40 heavy (non-hydrogen) atoms. The number of pyridine rings is 1. The summed E-state index contributed by atoms with van der Waals surface area (Å²) in [7, 11) is 0. The lowest BCUT2D eigenvalue weighted by Crippen LogP contribution is -2.07. The van der Waals surface area contributed by atoms with Gasteiger partial charge in [0.25, 0.3) is 0 Å². The molecule has 0 unspecified atom stereocenters. The molecule has 0 spiro atoms. The molecule has 0 atom stereocenters. The standard InChI is InChI=1S/C30H21F3N4O3/c31-10-11-37-27-14-21(30(38)39)8-9-26(27)35-28(37)15-19-6-7-20(13-24(19)33)25-2-1-3-29(36-25)40-17-22-5-4-18(16-34)12-23(22)32/h1-9,12-14H,10-11,15,17H2,(H,38,39). The van der Waals surface area contributed by atoms with Crippen molar-refractivity contribution in [3.05, 3.63) is 113 Å². The second-order valence-electron chi connectivity index (χ2n) is 8.93. The maximum atomic E-state index is 15.2. The quantitative estimate of drug-likeness (QED) is 0.242. The van der Waals surface area contributed by atoms with E-state index in [1.165, 1.54) is 30.3 Å². The van der Waals surface area contributed by atoms with E-state index in [1.54, 1.807) is 41.0 Å². The summed E-state index contributed by atoms with van der Waals surface area (Å²) in [4.78, 5) is 20.3. The third-order valence-corrected chi connectivity index (χ3v) is 6.36. The van der Waals surface area contributed by atoms with Gasteiger partial charge in [-0.1, -0.05) is 24.3 Å². The average Bonchev–Trinajstić information content (AvgIpc) is 3.29. The average molecular weight is 543 g/mol. The van der Waals surface area contributed by atoms with E-state index in [1.807, 2.05) is 6.07 Å². The number of imidazole rings is 1. The molecule has 1 N–H and O–H groups in total. The fourth-order valence-electron chi connectivity index (χ4n) is 4.34. The van der Waals surface area contributed by atoms with Crippen LogP contribution in [0.4, 0.5) is 13.2 Å². The van der Waals surface area contributed by atoms with Crippen LogP contribution in [0.15, 0.2) is 72.8 Å². The van der Waals surface area contributed by atoms with Gasteiger partial charge in [-0.2, -0.15) is 5.26 Å². The van der Waals surface area contributed by atoms with Crippen molar-refractivity contribution >= 4 is 17.0 Å². The van der Waals surface area contributed by atoms with Crippen LogP contribution in [0.3, 0.4) is 0 Å². The summed E-state index contributed by atoms with van der Waals surface area (Å²) < 4.78 is 49.9. The number of carboxylic acids is 1. The van der Waals surface area contributed by atoms with E-state index < -0.39 is 24.3 Å². The van der Waals surface area contributed by atoms with Crippen LogP contribution in [0.5, 0.6) is 5.88 Å². The first kappa shape index (κ1) is 26.4. The molecular weight excluding hydrogens is 521 g/mol. The Bertz CT molecular complexity index is 1780. The number of carboxylic acid groups (broad SMARTS) is 1. The Morgan fingerprint density at radius 2 is 1.77 bits per heavy atom. The number of benzene rings is 3. The van der Waals surface area contributed by atoms with Crippen LogP contribution in [0.2, 0.25) is 0 Å². The second kappa shape index (κ2) is 11.3. The number of hydrogen-bond donors (Lipinski definition) is 1. The molecule has 0 bridgehead atoms. The second-order valence-corrected chi connectivity index (χ2v) is 8.93. The summed E-state index contributed by atoms with van der Waals surface area (Å²) in [5.74, 6) is -1.56. The topological polar surface area (TPSA) is 101 Å². The summed E-state index contributed by atoms with van der Waals surface area (Å²) in [5, 5.41) is 18.2. The number of fused-ring (bicyclic) bond motifs is 1. The molecule has 0 radical (unpaired) electrons. The lowest BCUT2D eigenvalue weighted by molar-refractivity contribution is 0.0697. The van der Waals surface area contributed by atoms with Gasteiger partial charge in [0.15, 0.2) is 0 Å². The smallest absolute Gasteiger partial charge is 0.335 e. The summed E-state index contributed by atoms with van der Waals surface area (Å²) in [6, 6.07) is 19.9. The van der Waals surface area contributed by atoms with Crippen molar-refractivity contribution in [2.45, 2.75) is 19.6 Å². The Kier molecular flexibility index (Phi) is 7.46. The summed E-state index contributed by atoms with van der Waals surface area (Å²) in [5.41, 5.74) is 2.72. The molecule has 5 aromatic rings. The predicted octanol–water partition coefficient (Wildman–Crippen LogP) is 6.09. The molecular formula is C30H21F3N4O3. The molecule has 200 valence electrons. The number of nitriles is 1. The van der Waals surface area contributed by atoms with Crippen LogP contribution < -0.4 is 4.74 Å². The Labute approximate surface area is 226 Å². The Morgan fingerprint density at radius 3 is 2.50 bits per heavy atom. The van der Waals surface area contributed by atoms with Gasteiger partial charge < -0.3 is 14.4 Å². The molecule has 7 nitrogen and oxygen atoms in total. The van der Waals surface area contributed by atoms with Crippen LogP contribution in [-0.4, -0.2) is 32.3 Å².